The van der Waals surface area contributed by atoms with Crippen molar-refractivity contribution in [3.05, 3.63) is 47.7 Å². The number of carbonyl (C=O) groups excluding carboxylic acids is 1. The normalized spacial score (nSPS) is 10.3. The SMILES string of the molecule is CCc1cccc(CC(=O)Nc2ccn(CC(=O)O)n2)c1. The molecular formula is C15H17N3O3. The summed E-state index contributed by atoms with van der Waals surface area (Å²) < 4.78 is 1.26. The molecule has 1 heterocycles. The molecule has 6 heteroatoms. The molecule has 0 aliphatic rings. The molecule has 2 aromatic rings. The Bertz CT molecular complexity index is 649. The highest BCUT2D eigenvalue weighted by Gasteiger charge is 2.08. The van der Waals surface area contributed by atoms with Gasteiger partial charge in [0.15, 0.2) is 5.82 Å². The van der Waals surface area contributed by atoms with E-state index in [1.807, 2.05) is 24.3 Å². The van der Waals surface area contributed by atoms with Crippen molar-refractivity contribution in [2.24, 2.45) is 0 Å². The predicted molar refractivity (Wildman–Crippen MR) is 78.0 cm³/mol. The van der Waals surface area contributed by atoms with Gasteiger partial charge < -0.3 is 10.4 Å². The van der Waals surface area contributed by atoms with E-state index in [0.717, 1.165) is 12.0 Å². The molecule has 0 spiro atoms. The third-order valence-corrected chi connectivity index (χ3v) is 2.97. The molecule has 0 aliphatic carbocycles. The van der Waals surface area contributed by atoms with Gasteiger partial charge >= 0.3 is 5.97 Å². The Kier molecular flexibility index (Phi) is 4.71. The van der Waals surface area contributed by atoms with Crippen LogP contribution in [0, 0.1) is 0 Å². The lowest BCUT2D eigenvalue weighted by Crippen LogP contribution is -2.16. The van der Waals surface area contributed by atoms with E-state index >= 15 is 0 Å². The van der Waals surface area contributed by atoms with Crippen LogP contribution in [0.5, 0.6) is 0 Å². The van der Waals surface area contributed by atoms with Gasteiger partial charge in [0.2, 0.25) is 5.91 Å². The number of hydrogen-bond acceptors (Lipinski definition) is 3. The predicted octanol–water partition coefficient (Wildman–Crippen LogP) is 1.71. The minimum atomic E-state index is -0.979. The maximum absolute atomic E-state index is 11.9. The van der Waals surface area contributed by atoms with Crippen LogP contribution in [0.25, 0.3) is 0 Å². The van der Waals surface area contributed by atoms with E-state index in [2.05, 4.69) is 17.3 Å². The maximum atomic E-state index is 11.9. The van der Waals surface area contributed by atoms with Crippen LogP contribution >= 0.6 is 0 Å². The van der Waals surface area contributed by atoms with Gasteiger partial charge in [-0.15, -0.1) is 0 Å². The van der Waals surface area contributed by atoms with Crippen LogP contribution in [0.2, 0.25) is 0 Å². The number of nitrogens with zero attached hydrogens (tertiary/aromatic N) is 2. The molecule has 2 N–H and O–H groups in total. The molecule has 0 atom stereocenters. The second-order valence-corrected chi connectivity index (χ2v) is 4.69. The number of hydrogen-bond donors (Lipinski definition) is 2. The van der Waals surface area contributed by atoms with E-state index in [1.165, 1.54) is 16.4 Å². The Morgan fingerprint density at radius 3 is 2.76 bits per heavy atom. The fourth-order valence-electron chi connectivity index (χ4n) is 1.99. The Balaban J connectivity index is 1.94. The Labute approximate surface area is 122 Å². The largest absolute Gasteiger partial charge is 0.480 e. The topological polar surface area (TPSA) is 84.2 Å². The summed E-state index contributed by atoms with van der Waals surface area (Å²) in [7, 11) is 0. The second-order valence-electron chi connectivity index (χ2n) is 4.69. The Hall–Kier alpha value is -2.63. The van der Waals surface area contributed by atoms with E-state index in [1.54, 1.807) is 6.07 Å². The first kappa shape index (κ1) is 14.8. The number of carbonyl (C=O) groups is 2. The summed E-state index contributed by atoms with van der Waals surface area (Å²) in [6, 6.07) is 9.44. The van der Waals surface area contributed by atoms with Crippen LogP contribution in [0.15, 0.2) is 36.5 Å². The lowest BCUT2D eigenvalue weighted by molar-refractivity contribution is -0.137. The van der Waals surface area contributed by atoms with Crippen LogP contribution < -0.4 is 5.32 Å². The van der Waals surface area contributed by atoms with Gasteiger partial charge in [0.1, 0.15) is 6.54 Å². The van der Waals surface area contributed by atoms with Crippen LogP contribution in [-0.2, 0) is 29.0 Å². The minimum Gasteiger partial charge on any atom is -0.480 e. The monoisotopic (exact) mass is 287 g/mol. The molecule has 110 valence electrons. The summed E-state index contributed by atoms with van der Waals surface area (Å²) >= 11 is 0. The summed E-state index contributed by atoms with van der Waals surface area (Å²) in [6.45, 7) is 1.84. The first-order valence-corrected chi connectivity index (χ1v) is 6.69. The van der Waals surface area contributed by atoms with Crippen molar-refractivity contribution in [2.75, 3.05) is 5.32 Å². The van der Waals surface area contributed by atoms with E-state index in [9.17, 15) is 9.59 Å². The quantitative estimate of drug-likeness (QED) is 0.847. The van der Waals surface area contributed by atoms with Crippen molar-refractivity contribution in [3.8, 4) is 0 Å². The highest BCUT2D eigenvalue weighted by molar-refractivity contribution is 5.91. The molecule has 0 saturated heterocycles. The molecule has 6 nitrogen and oxygen atoms in total. The van der Waals surface area contributed by atoms with Crippen LogP contribution in [0.1, 0.15) is 18.1 Å². The van der Waals surface area contributed by atoms with Crippen LogP contribution in [-0.4, -0.2) is 26.8 Å². The lowest BCUT2D eigenvalue weighted by Gasteiger charge is -2.04. The van der Waals surface area contributed by atoms with Crippen molar-refractivity contribution in [3.63, 3.8) is 0 Å². The van der Waals surface area contributed by atoms with Crippen LogP contribution in [0.3, 0.4) is 0 Å². The van der Waals surface area contributed by atoms with E-state index in [-0.39, 0.29) is 18.9 Å². The number of aryl methyl sites for hydroxylation is 1. The smallest absolute Gasteiger partial charge is 0.325 e. The molecule has 1 aromatic carbocycles. The zero-order valence-electron chi connectivity index (χ0n) is 11.7. The molecule has 21 heavy (non-hydrogen) atoms. The number of anilines is 1. The third-order valence-electron chi connectivity index (χ3n) is 2.97. The third kappa shape index (κ3) is 4.45. The molecule has 2 rings (SSSR count). The average Bonchev–Trinajstić information content (AvgIpc) is 2.85. The lowest BCUT2D eigenvalue weighted by atomic mass is 10.1. The van der Waals surface area contributed by atoms with Crippen molar-refractivity contribution in [1.29, 1.82) is 0 Å². The van der Waals surface area contributed by atoms with Crippen molar-refractivity contribution >= 4 is 17.7 Å². The molecule has 0 saturated carbocycles. The summed E-state index contributed by atoms with van der Waals surface area (Å²) in [5.41, 5.74) is 2.13. The molecule has 0 fully saturated rings. The maximum Gasteiger partial charge on any atom is 0.325 e. The van der Waals surface area contributed by atoms with E-state index in [4.69, 9.17) is 5.11 Å². The number of amides is 1. The number of aliphatic carboxylic acids is 1. The zero-order valence-corrected chi connectivity index (χ0v) is 11.7. The Morgan fingerprint density at radius 1 is 1.29 bits per heavy atom. The highest BCUT2D eigenvalue weighted by atomic mass is 16.4. The number of aromatic nitrogens is 2. The van der Waals surface area contributed by atoms with Gasteiger partial charge in [-0.1, -0.05) is 31.2 Å². The number of carboxylic acids is 1. The summed E-state index contributed by atoms with van der Waals surface area (Å²) in [5.74, 6) is -0.802. The van der Waals surface area contributed by atoms with Gasteiger partial charge in [0.25, 0.3) is 0 Å². The number of nitrogens with one attached hydrogen (secondary N) is 1. The minimum absolute atomic E-state index is 0.177. The van der Waals surface area contributed by atoms with Gasteiger partial charge in [0, 0.05) is 12.3 Å². The molecule has 0 bridgehead atoms. The highest BCUT2D eigenvalue weighted by Crippen LogP contribution is 2.08. The van der Waals surface area contributed by atoms with Crippen molar-refractivity contribution in [1.82, 2.24) is 9.78 Å². The van der Waals surface area contributed by atoms with Gasteiger partial charge in [-0.2, -0.15) is 5.10 Å². The fourth-order valence-corrected chi connectivity index (χ4v) is 1.99. The van der Waals surface area contributed by atoms with Gasteiger partial charge in [-0.05, 0) is 17.5 Å². The molecule has 0 aliphatic heterocycles. The molecule has 1 aromatic heterocycles. The summed E-state index contributed by atoms with van der Waals surface area (Å²) in [6.07, 6.45) is 2.70. The second kappa shape index (κ2) is 6.69. The fraction of sp³-hybridized carbons (Fsp3) is 0.267. The first-order valence-electron chi connectivity index (χ1n) is 6.69. The van der Waals surface area contributed by atoms with Gasteiger partial charge in [-0.3, -0.25) is 14.3 Å². The number of benzene rings is 1. The van der Waals surface area contributed by atoms with E-state index in [0.29, 0.717) is 5.82 Å². The molecule has 0 unspecified atom stereocenters. The average molecular weight is 287 g/mol. The van der Waals surface area contributed by atoms with E-state index < -0.39 is 5.97 Å². The number of carboxylic acid groups (broad SMARTS) is 1. The van der Waals surface area contributed by atoms with Crippen molar-refractivity contribution in [2.45, 2.75) is 26.3 Å². The zero-order chi connectivity index (χ0) is 15.2. The summed E-state index contributed by atoms with van der Waals surface area (Å²) in [4.78, 5) is 22.5. The van der Waals surface area contributed by atoms with Crippen LogP contribution in [0.4, 0.5) is 5.82 Å². The molecule has 1 amide bonds. The Morgan fingerprint density at radius 2 is 2.05 bits per heavy atom. The standard InChI is InChI=1S/C15H17N3O3/c1-2-11-4-3-5-12(8-11)9-14(19)16-13-6-7-18(17-13)10-15(20)21/h3-8H,2,9-10H2,1H3,(H,20,21)(H,16,17,19). The number of rotatable bonds is 6. The summed E-state index contributed by atoms with van der Waals surface area (Å²) in [5, 5.41) is 15.3. The van der Waals surface area contributed by atoms with Crippen molar-refractivity contribution < 1.29 is 14.7 Å². The molecular weight excluding hydrogens is 270 g/mol. The van der Waals surface area contributed by atoms with Gasteiger partial charge in [0.05, 0.1) is 6.42 Å². The molecule has 0 radical (unpaired) electrons. The van der Waals surface area contributed by atoms with Gasteiger partial charge in [-0.25, -0.2) is 0 Å². The first-order chi connectivity index (χ1) is 10.1.